The van der Waals surface area contributed by atoms with Gasteiger partial charge >= 0.3 is 6.11 Å². The van der Waals surface area contributed by atoms with Gasteiger partial charge in [0.05, 0.1) is 6.61 Å². The van der Waals surface area contributed by atoms with Crippen LogP contribution >= 0.6 is 0 Å². The third-order valence-electron chi connectivity index (χ3n) is 0.956. The summed E-state index contributed by atoms with van der Waals surface area (Å²) in [7, 11) is 0. The molecule has 0 fully saturated rings. The zero-order chi connectivity index (χ0) is 7.71. The summed E-state index contributed by atoms with van der Waals surface area (Å²) < 4.78 is 23.3. The van der Waals surface area contributed by atoms with Gasteiger partial charge in [-0.3, -0.25) is 0 Å². The molecule has 56 valence electrons. The van der Waals surface area contributed by atoms with Crippen LogP contribution in [-0.4, -0.2) is 33.6 Å². The van der Waals surface area contributed by atoms with Crippen molar-refractivity contribution in [2.24, 2.45) is 0 Å². The summed E-state index contributed by atoms with van der Waals surface area (Å²) in [6, 6.07) is 0. The maximum atomic E-state index is 11.6. The fourth-order valence-corrected chi connectivity index (χ4v) is 0.0951. The molecule has 0 spiro atoms. The van der Waals surface area contributed by atoms with Gasteiger partial charge in [0.1, 0.15) is 0 Å². The Balaban J connectivity index is 4.14. The van der Waals surface area contributed by atoms with E-state index >= 15 is 0 Å². The predicted molar refractivity (Wildman–Crippen MR) is 24.9 cm³/mol. The molecule has 1 unspecified atom stereocenters. The minimum absolute atomic E-state index is 0.632. The zero-order valence-corrected chi connectivity index (χ0v) is 4.80. The molecule has 0 rings (SSSR count). The Morgan fingerprint density at radius 3 is 1.67 bits per heavy atom. The number of halogens is 2. The van der Waals surface area contributed by atoms with Gasteiger partial charge in [-0.15, -0.1) is 0 Å². The SMILES string of the molecule is CC(O)(CO)C(O)(F)F. The first kappa shape index (κ1) is 8.74. The van der Waals surface area contributed by atoms with Gasteiger partial charge in [-0.05, 0) is 6.92 Å². The molecular weight excluding hydrogens is 134 g/mol. The van der Waals surface area contributed by atoms with Crippen molar-refractivity contribution in [3.8, 4) is 0 Å². The first-order valence-electron chi connectivity index (χ1n) is 2.24. The average Bonchev–Trinajstić information content (AvgIpc) is 1.64. The molecule has 0 aliphatic rings. The largest absolute Gasteiger partial charge is 0.393 e. The first-order valence-corrected chi connectivity index (χ1v) is 2.24. The van der Waals surface area contributed by atoms with Crippen LogP contribution in [0.1, 0.15) is 6.92 Å². The molecule has 1 atom stereocenters. The second-order valence-corrected chi connectivity index (χ2v) is 1.97. The predicted octanol–water partition coefficient (Wildman–Crippen LogP) is -0.685. The minimum Gasteiger partial charge on any atom is -0.393 e. The van der Waals surface area contributed by atoms with Crippen LogP contribution in [0.3, 0.4) is 0 Å². The molecule has 0 aromatic rings. The van der Waals surface area contributed by atoms with Crippen molar-refractivity contribution < 1.29 is 24.1 Å². The molecule has 3 N–H and O–H groups in total. The highest BCUT2D eigenvalue weighted by atomic mass is 19.3. The van der Waals surface area contributed by atoms with Crippen LogP contribution in [-0.2, 0) is 0 Å². The summed E-state index contributed by atoms with van der Waals surface area (Å²) in [6.07, 6.45) is -4.25. The summed E-state index contributed by atoms with van der Waals surface area (Å²) in [5, 5.41) is 24.3. The summed E-state index contributed by atoms with van der Waals surface area (Å²) in [6.45, 7) is -0.552. The van der Waals surface area contributed by atoms with Crippen molar-refractivity contribution in [1.29, 1.82) is 0 Å². The molecule has 9 heavy (non-hydrogen) atoms. The second-order valence-electron chi connectivity index (χ2n) is 1.97. The molecular formula is C4H8F2O3. The number of alkyl halides is 2. The Kier molecular flexibility index (Phi) is 2.10. The molecule has 0 aliphatic heterocycles. The third kappa shape index (κ3) is 1.85. The fraction of sp³-hybridized carbons (Fsp3) is 1.00. The molecule has 3 nitrogen and oxygen atoms in total. The third-order valence-corrected chi connectivity index (χ3v) is 0.956. The Bertz CT molecular complexity index is 96.5. The van der Waals surface area contributed by atoms with Gasteiger partial charge in [-0.1, -0.05) is 0 Å². The smallest absolute Gasteiger partial charge is 0.383 e. The van der Waals surface area contributed by atoms with Gasteiger partial charge in [0, 0.05) is 0 Å². The van der Waals surface area contributed by atoms with E-state index in [4.69, 9.17) is 15.3 Å². The number of aliphatic hydroxyl groups excluding tert-OH is 1. The number of hydrogen-bond acceptors (Lipinski definition) is 3. The van der Waals surface area contributed by atoms with Crippen LogP contribution in [0.2, 0.25) is 0 Å². The van der Waals surface area contributed by atoms with E-state index in [1.807, 2.05) is 0 Å². The first-order chi connectivity index (χ1) is 3.81. The van der Waals surface area contributed by atoms with E-state index in [2.05, 4.69) is 0 Å². The van der Waals surface area contributed by atoms with Gasteiger partial charge in [-0.2, -0.15) is 8.78 Å². The van der Waals surface area contributed by atoms with Crippen LogP contribution in [0.4, 0.5) is 8.78 Å². The standard InChI is InChI=1S/C4H8F2O3/c1-3(8,2-7)4(5,6)9/h7-9H,2H2,1H3. The Hall–Kier alpha value is -0.260. The average molecular weight is 142 g/mol. The van der Waals surface area contributed by atoms with Crippen molar-refractivity contribution in [2.45, 2.75) is 18.6 Å². The quantitative estimate of drug-likeness (QED) is 0.478. The van der Waals surface area contributed by atoms with Gasteiger partial charge in [0.2, 0.25) is 0 Å². The lowest BCUT2D eigenvalue weighted by Crippen LogP contribution is -2.48. The van der Waals surface area contributed by atoms with Crippen molar-refractivity contribution in [2.75, 3.05) is 6.61 Å². The molecule has 0 saturated carbocycles. The van der Waals surface area contributed by atoms with E-state index in [9.17, 15) is 8.78 Å². The second kappa shape index (κ2) is 2.17. The van der Waals surface area contributed by atoms with E-state index in [0.717, 1.165) is 0 Å². The van der Waals surface area contributed by atoms with Crippen LogP contribution in [0.5, 0.6) is 0 Å². The van der Waals surface area contributed by atoms with Gasteiger partial charge in [-0.25, -0.2) is 0 Å². The lowest BCUT2D eigenvalue weighted by atomic mass is 10.1. The van der Waals surface area contributed by atoms with Crippen LogP contribution in [0, 0.1) is 0 Å². The number of hydrogen-bond donors (Lipinski definition) is 3. The van der Waals surface area contributed by atoms with Crippen LogP contribution < -0.4 is 0 Å². The highest BCUT2D eigenvalue weighted by molar-refractivity contribution is 4.79. The van der Waals surface area contributed by atoms with E-state index in [0.29, 0.717) is 6.92 Å². The minimum atomic E-state index is -4.25. The lowest BCUT2D eigenvalue weighted by Gasteiger charge is -2.24. The van der Waals surface area contributed by atoms with E-state index in [1.54, 1.807) is 0 Å². The van der Waals surface area contributed by atoms with Gasteiger partial charge in [0.15, 0.2) is 5.60 Å². The van der Waals surface area contributed by atoms with E-state index < -0.39 is 18.3 Å². The maximum Gasteiger partial charge on any atom is 0.383 e. The fourth-order valence-electron chi connectivity index (χ4n) is 0.0951. The lowest BCUT2D eigenvalue weighted by molar-refractivity contribution is -0.307. The zero-order valence-electron chi connectivity index (χ0n) is 4.80. The molecule has 0 aliphatic carbocycles. The molecule has 0 aromatic heterocycles. The molecule has 0 bridgehead atoms. The summed E-state index contributed by atoms with van der Waals surface area (Å²) in [5.74, 6) is 0. The maximum absolute atomic E-state index is 11.6. The van der Waals surface area contributed by atoms with Crippen LogP contribution in [0.25, 0.3) is 0 Å². The summed E-state index contributed by atoms with van der Waals surface area (Å²) in [4.78, 5) is 0. The van der Waals surface area contributed by atoms with Crippen molar-refractivity contribution >= 4 is 0 Å². The normalized spacial score (nSPS) is 19.3. The monoisotopic (exact) mass is 142 g/mol. The molecule has 0 aromatic carbocycles. The summed E-state index contributed by atoms with van der Waals surface area (Å²) >= 11 is 0. The van der Waals surface area contributed by atoms with Crippen molar-refractivity contribution in [3.63, 3.8) is 0 Å². The molecule has 0 amide bonds. The van der Waals surface area contributed by atoms with E-state index in [-0.39, 0.29) is 0 Å². The molecule has 0 saturated heterocycles. The Labute approximate surface area is 50.5 Å². The molecule has 0 heterocycles. The number of aliphatic hydroxyl groups is 3. The van der Waals surface area contributed by atoms with Gasteiger partial charge < -0.3 is 15.3 Å². The van der Waals surface area contributed by atoms with Gasteiger partial charge in [0.25, 0.3) is 0 Å². The van der Waals surface area contributed by atoms with Crippen molar-refractivity contribution in [1.82, 2.24) is 0 Å². The van der Waals surface area contributed by atoms with E-state index in [1.165, 1.54) is 0 Å². The Morgan fingerprint density at radius 1 is 1.33 bits per heavy atom. The highest BCUT2D eigenvalue weighted by Crippen LogP contribution is 2.24. The highest BCUT2D eigenvalue weighted by Gasteiger charge is 2.47. The molecule has 0 radical (unpaired) electrons. The summed E-state index contributed by atoms with van der Waals surface area (Å²) in [5.41, 5.74) is -2.74. The number of rotatable bonds is 2. The Morgan fingerprint density at radius 2 is 1.67 bits per heavy atom. The van der Waals surface area contributed by atoms with Crippen LogP contribution in [0.15, 0.2) is 0 Å². The topological polar surface area (TPSA) is 60.7 Å². The molecule has 5 heteroatoms. The van der Waals surface area contributed by atoms with Crippen molar-refractivity contribution in [3.05, 3.63) is 0 Å².